The Morgan fingerprint density at radius 3 is 2.96 bits per heavy atom. The number of rotatable bonds is 5. The van der Waals surface area contributed by atoms with E-state index in [1.54, 1.807) is 12.3 Å². The lowest BCUT2D eigenvalue weighted by molar-refractivity contribution is 0.129. The molecule has 0 bridgehead atoms. The van der Waals surface area contributed by atoms with Crippen molar-refractivity contribution < 1.29 is 13.2 Å². The van der Waals surface area contributed by atoms with Crippen LogP contribution in [0.4, 0.5) is 0 Å². The number of aryl methyl sites for hydroxylation is 1. The maximum absolute atomic E-state index is 12.8. The Morgan fingerprint density at radius 2 is 2.20 bits per heavy atom. The van der Waals surface area contributed by atoms with Gasteiger partial charge in [0.1, 0.15) is 16.9 Å². The van der Waals surface area contributed by atoms with E-state index in [0.29, 0.717) is 23.9 Å². The molecule has 1 aromatic carbocycles. The maximum Gasteiger partial charge on any atom is 0.218 e. The molecule has 1 aliphatic rings. The summed E-state index contributed by atoms with van der Waals surface area (Å²) < 4.78 is 33.0. The van der Waals surface area contributed by atoms with Gasteiger partial charge >= 0.3 is 0 Å². The second-order valence-corrected chi connectivity index (χ2v) is 8.67. The fourth-order valence-electron chi connectivity index (χ4n) is 3.00. The van der Waals surface area contributed by atoms with E-state index in [-0.39, 0.29) is 11.9 Å². The van der Waals surface area contributed by atoms with Crippen molar-refractivity contribution in [1.82, 2.24) is 9.29 Å². The van der Waals surface area contributed by atoms with Crippen LogP contribution in [-0.4, -0.2) is 36.9 Å². The molecule has 134 valence electrons. The van der Waals surface area contributed by atoms with E-state index in [4.69, 9.17) is 16.3 Å². The summed E-state index contributed by atoms with van der Waals surface area (Å²) in [7, 11) is -3.38. The highest BCUT2D eigenvalue weighted by atomic mass is 35.5. The minimum absolute atomic E-state index is 0.0113. The number of sulfonamides is 1. The van der Waals surface area contributed by atoms with Crippen molar-refractivity contribution in [2.75, 3.05) is 13.1 Å². The van der Waals surface area contributed by atoms with Gasteiger partial charge < -0.3 is 4.74 Å². The van der Waals surface area contributed by atoms with Crippen LogP contribution in [0.15, 0.2) is 42.7 Å². The summed E-state index contributed by atoms with van der Waals surface area (Å²) in [5.74, 6) is 0.553. The number of pyridine rings is 1. The number of halogens is 1. The standard InChI is InChI=1S/C18H21ClN2O3S/c1-14-4-2-5-15(10-14)13-25(22,23)21-9-3-6-16(12-21)24-18-7-8-20-11-17(18)19/h2,4-5,7-8,10-11,16H,3,6,9,12-13H2,1H3. The van der Waals surface area contributed by atoms with Gasteiger partial charge in [0, 0.05) is 25.0 Å². The normalized spacial score (nSPS) is 18.9. The second kappa shape index (κ2) is 7.72. The van der Waals surface area contributed by atoms with Crippen molar-refractivity contribution in [3.05, 3.63) is 58.9 Å². The van der Waals surface area contributed by atoms with Crippen molar-refractivity contribution >= 4 is 21.6 Å². The highest BCUT2D eigenvalue weighted by Crippen LogP contribution is 2.26. The van der Waals surface area contributed by atoms with Crippen LogP contribution < -0.4 is 4.74 Å². The summed E-state index contributed by atoms with van der Waals surface area (Å²) >= 11 is 6.07. The number of benzene rings is 1. The zero-order chi connectivity index (χ0) is 17.9. The Hall–Kier alpha value is -1.63. The van der Waals surface area contributed by atoms with E-state index in [1.165, 1.54) is 10.5 Å². The molecule has 0 N–H and O–H groups in total. The van der Waals surface area contributed by atoms with Crippen LogP contribution >= 0.6 is 11.6 Å². The van der Waals surface area contributed by atoms with E-state index in [1.807, 2.05) is 31.2 Å². The lowest BCUT2D eigenvalue weighted by atomic mass is 10.1. The van der Waals surface area contributed by atoms with Crippen molar-refractivity contribution in [2.45, 2.75) is 31.6 Å². The SMILES string of the molecule is Cc1cccc(CS(=O)(=O)N2CCCC(Oc3ccncc3Cl)C2)c1. The molecule has 2 aromatic rings. The Balaban J connectivity index is 1.68. The van der Waals surface area contributed by atoms with Crippen molar-refractivity contribution in [2.24, 2.45) is 0 Å². The minimum atomic E-state index is -3.38. The van der Waals surface area contributed by atoms with Crippen LogP contribution in [0.5, 0.6) is 5.75 Å². The number of ether oxygens (including phenoxy) is 1. The van der Waals surface area contributed by atoms with E-state index in [2.05, 4.69) is 4.98 Å². The third-order valence-electron chi connectivity index (χ3n) is 4.19. The van der Waals surface area contributed by atoms with Gasteiger partial charge in [0.25, 0.3) is 0 Å². The van der Waals surface area contributed by atoms with Gasteiger partial charge in [-0.3, -0.25) is 4.98 Å². The van der Waals surface area contributed by atoms with Gasteiger partial charge in [-0.2, -0.15) is 4.31 Å². The Labute approximate surface area is 153 Å². The molecule has 1 atom stereocenters. The highest BCUT2D eigenvalue weighted by molar-refractivity contribution is 7.88. The molecule has 1 aromatic heterocycles. The predicted molar refractivity (Wildman–Crippen MR) is 98.3 cm³/mol. The fourth-order valence-corrected chi connectivity index (χ4v) is 4.74. The summed E-state index contributed by atoms with van der Waals surface area (Å²) in [4.78, 5) is 3.93. The van der Waals surface area contributed by atoms with Gasteiger partial charge in [-0.15, -0.1) is 0 Å². The van der Waals surface area contributed by atoms with Crippen molar-refractivity contribution in [1.29, 1.82) is 0 Å². The number of piperidine rings is 1. The van der Waals surface area contributed by atoms with Crippen LogP contribution in [0.3, 0.4) is 0 Å². The number of nitrogens with zero attached hydrogens (tertiary/aromatic N) is 2. The molecule has 1 unspecified atom stereocenters. The van der Waals surface area contributed by atoms with Gasteiger partial charge in [0.15, 0.2) is 0 Å². The summed E-state index contributed by atoms with van der Waals surface area (Å²) in [6.07, 6.45) is 4.48. The summed E-state index contributed by atoms with van der Waals surface area (Å²) in [6, 6.07) is 9.29. The van der Waals surface area contributed by atoms with Crippen LogP contribution in [0.1, 0.15) is 24.0 Å². The van der Waals surface area contributed by atoms with Crippen LogP contribution in [0.2, 0.25) is 5.02 Å². The van der Waals surface area contributed by atoms with Gasteiger partial charge in [0.05, 0.1) is 12.3 Å². The Morgan fingerprint density at radius 1 is 1.36 bits per heavy atom. The Bertz CT molecular complexity index is 842. The first-order valence-corrected chi connectivity index (χ1v) is 10.2. The van der Waals surface area contributed by atoms with E-state index in [0.717, 1.165) is 24.0 Å². The molecule has 5 nitrogen and oxygen atoms in total. The first-order valence-electron chi connectivity index (χ1n) is 8.23. The van der Waals surface area contributed by atoms with Gasteiger partial charge in [-0.1, -0.05) is 41.4 Å². The highest BCUT2D eigenvalue weighted by Gasteiger charge is 2.30. The molecular weight excluding hydrogens is 360 g/mol. The molecule has 0 amide bonds. The number of hydrogen-bond donors (Lipinski definition) is 0. The molecule has 0 aliphatic carbocycles. The molecule has 3 rings (SSSR count). The molecule has 25 heavy (non-hydrogen) atoms. The monoisotopic (exact) mass is 380 g/mol. The third-order valence-corrected chi connectivity index (χ3v) is 6.30. The molecule has 0 saturated carbocycles. The summed E-state index contributed by atoms with van der Waals surface area (Å²) in [5, 5.41) is 0.433. The topological polar surface area (TPSA) is 59.5 Å². The number of aromatic nitrogens is 1. The average molecular weight is 381 g/mol. The first-order chi connectivity index (χ1) is 11.9. The fraction of sp³-hybridized carbons (Fsp3) is 0.389. The van der Waals surface area contributed by atoms with E-state index >= 15 is 0 Å². The minimum Gasteiger partial charge on any atom is -0.487 e. The zero-order valence-electron chi connectivity index (χ0n) is 14.1. The Kier molecular flexibility index (Phi) is 5.61. The molecule has 2 heterocycles. The van der Waals surface area contributed by atoms with Crippen LogP contribution in [0, 0.1) is 6.92 Å². The lowest BCUT2D eigenvalue weighted by Crippen LogP contribution is -2.44. The summed E-state index contributed by atoms with van der Waals surface area (Å²) in [6.45, 7) is 2.82. The first kappa shape index (κ1) is 18.2. The van der Waals surface area contributed by atoms with Gasteiger partial charge in [0.2, 0.25) is 10.0 Å². The van der Waals surface area contributed by atoms with Gasteiger partial charge in [-0.25, -0.2) is 8.42 Å². The third kappa shape index (κ3) is 4.71. The maximum atomic E-state index is 12.8. The molecule has 1 aliphatic heterocycles. The molecule has 7 heteroatoms. The second-order valence-electron chi connectivity index (χ2n) is 6.29. The molecule has 1 fully saturated rings. The average Bonchev–Trinajstić information content (AvgIpc) is 2.57. The van der Waals surface area contributed by atoms with Crippen LogP contribution in [-0.2, 0) is 15.8 Å². The van der Waals surface area contributed by atoms with Crippen molar-refractivity contribution in [3.8, 4) is 5.75 Å². The van der Waals surface area contributed by atoms with Gasteiger partial charge in [-0.05, 0) is 25.3 Å². The molecular formula is C18H21ClN2O3S. The number of hydrogen-bond acceptors (Lipinski definition) is 4. The summed E-state index contributed by atoms with van der Waals surface area (Å²) in [5.41, 5.74) is 1.86. The molecule has 0 spiro atoms. The lowest BCUT2D eigenvalue weighted by Gasteiger charge is -2.32. The molecule has 1 saturated heterocycles. The largest absolute Gasteiger partial charge is 0.487 e. The molecule has 0 radical (unpaired) electrons. The van der Waals surface area contributed by atoms with Crippen LogP contribution in [0.25, 0.3) is 0 Å². The van der Waals surface area contributed by atoms with E-state index < -0.39 is 10.0 Å². The predicted octanol–water partition coefficient (Wildman–Crippen LogP) is 3.42. The zero-order valence-corrected chi connectivity index (χ0v) is 15.6. The smallest absolute Gasteiger partial charge is 0.218 e. The van der Waals surface area contributed by atoms with E-state index in [9.17, 15) is 8.42 Å². The van der Waals surface area contributed by atoms with Crippen molar-refractivity contribution in [3.63, 3.8) is 0 Å². The quantitative estimate of drug-likeness (QED) is 0.797.